The van der Waals surface area contributed by atoms with Gasteiger partial charge in [0.25, 0.3) is 0 Å². The molecule has 0 saturated heterocycles. The van der Waals surface area contributed by atoms with Crippen LogP contribution in [0.1, 0.15) is 0 Å². The summed E-state index contributed by atoms with van der Waals surface area (Å²) in [4.78, 5) is -0.00357. The lowest BCUT2D eigenvalue weighted by molar-refractivity contribution is 0.243. The molecule has 72 valence electrons. The van der Waals surface area contributed by atoms with E-state index in [0.29, 0.717) is 6.61 Å². The SMILES string of the molecule is OCC(Br)COc1ccc(Br)cc1. The van der Waals surface area contributed by atoms with Gasteiger partial charge in [0.2, 0.25) is 0 Å². The summed E-state index contributed by atoms with van der Waals surface area (Å²) in [6, 6.07) is 7.58. The third-order valence-corrected chi connectivity index (χ3v) is 2.53. The molecule has 0 saturated carbocycles. The second kappa shape index (κ2) is 5.62. The van der Waals surface area contributed by atoms with E-state index in [0.717, 1.165) is 10.2 Å². The summed E-state index contributed by atoms with van der Waals surface area (Å²) in [5, 5.41) is 8.72. The van der Waals surface area contributed by atoms with Crippen molar-refractivity contribution in [2.45, 2.75) is 4.83 Å². The van der Waals surface area contributed by atoms with E-state index in [-0.39, 0.29) is 11.4 Å². The van der Waals surface area contributed by atoms with E-state index in [1.165, 1.54) is 0 Å². The number of alkyl halides is 1. The number of aliphatic hydroxyl groups excluding tert-OH is 1. The summed E-state index contributed by atoms with van der Waals surface area (Å²) in [5.41, 5.74) is 0. The van der Waals surface area contributed by atoms with Crippen molar-refractivity contribution in [3.63, 3.8) is 0 Å². The van der Waals surface area contributed by atoms with Crippen LogP contribution < -0.4 is 4.74 Å². The molecule has 1 N–H and O–H groups in total. The Labute approximate surface area is 94.2 Å². The van der Waals surface area contributed by atoms with Crippen LogP contribution in [-0.4, -0.2) is 23.1 Å². The van der Waals surface area contributed by atoms with Crippen LogP contribution in [0.5, 0.6) is 5.75 Å². The largest absolute Gasteiger partial charge is 0.492 e. The van der Waals surface area contributed by atoms with E-state index in [4.69, 9.17) is 9.84 Å². The van der Waals surface area contributed by atoms with Crippen molar-refractivity contribution in [3.05, 3.63) is 28.7 Å². The Bertz CT molecular complexity index is 248. The zero-order chi connectivity index (χ0) is 9.68. The highest BCUT2D eigenvalue weighted by Crippen LogP contribution is 2.16. The van der Waals surface area contributed by atoms with Crippen LogP contribution in [0.2, 0.25) is 0 Å². The molecule has 1 unspecified atom stereocenters. The van der Waals surface area contributed by atoms with Crippen LogP contribution in [0.15, 0.2) is 28.7 Å². The average Bonchev–Trinajstić information content (AvgIpc) is 2.16. The van der Waals surface area contributed by atoms with Crippen molar-refractivity contribution in [2.75, 3.05) is 13.2 Å². The molecule has 0 fully saturated rings. The molecule has 0 aliphatic heterocycles. The minimum atomic E-state index is -0.00357. The zero-order valence-electron chi connectivity index (χ0n) is 6.91. The molecule has 0 heterocycles. The van der Waals surface area contributed by atoms with E-state index in [2.05, 4.69) is 31.9 Å². The normalized spacial score (nSPS) is 12.5. The lowest BCUT2D eigenvalue weighted by atomic mass is 10.3. The van der Waals surface area contributed by atoms with Gasteiger partial charge in [-0.3, -0.25) is 0 Å². The number of rotatable bonds is 4. The number of hydrogen-bond acceptors (Lipinski definition) is 2. The monoisotopic (exact) mass is 308 g/mol. The van der Waals surface area contributed by atoms with E-state index in [1.54, 1.807) is 0 Å². The highest BCUT2D eigenvalue weighted by Gasteiger charge is 2.02. The zero-order valence-corrected chi connectivity index (χ0v) is 10.1. The number of halogens is 2. The molecule has 1 atom stereocenters. The van der Waals surface area contributed by atoms with Crippen LogP contribution >= 0.6 is 31.9 Å². The third kappa shape index (κ3) is 4.11. The highest BCUT2D eigenvalue weighted by atomic mass is 79.9. The molecule has 0 amide bonds. The highest BCUT2D eigenvalue weighted by molar-refractivity contribution is 9.10. The standard InChI is InChI=1S/C9H10Br2O2/c10-7-1-3-9(4-2-7)13-6-8(11)5-12/h1-4,8,12H,5-6H2. The number of benzene rings is 1. The third-order valence-electron chi connectivity index (χ3n) is 1.44. The van der Waals surface area contributed by atoms with Gasteiger partial charge in [-0.25, -0.2) is 0 Å². The summed E-state index contributed by atoms with van der Waals surface area (Å²) in [6.45, 7) is 0.550. The Morgan fingerprint density at radius 1 is 1.31 bits per heavy atom. The van der Waals surface area contributed by atoms with Crippen LogP contribution in [0.25, 0.3) is 0 Å². The number of ether oxygens (including phenoxy) is 1. The van der Waals surface area contributed by atoms with E-state index >= 15 is 0 Å². The van der Waals surface area contributed by atoms with E-state index in [1.807, 2.05) is 24.3 Å². The molecule has 13 heavy (non-hydrogen) atoms. The van der Waals surface area contributed by atoms with Crippen molar-refractivity contribution in [1.29, 1.82) is 0 Å². The fraction of sp³-hybridized carbons (Fsp3) is 0.333. The summed E-state index contributed by atoms with van der Waals surface area (Å²) in [6.07, 6.45) is 0. The molecule has 1 rings (SSSR count). The first-order valence-corrected chi connectivity index (χ1v) is 5.56. The molecule has 0 bridgehead atoms. The minimum absolute atomic E-state index is 0.00357. The van der Waals surface area contributed by atoms with Crippen molar-refractivity contribution in [2.24, 2.45) is 0 Å². The molecule has 0 spiro atoms. The molecule has 2 nitrogen and oxygen atoms in total. The van der Waals surface area contributed by atoms with Gasteiger partial charge in [0.1, 0.15) is 12.4 Å². The van der Waals surface area contributed by atoms with Crippen molar-refractivity contribution in [3.8, 4) is 5.75 Å². The first-order valence-electron chi connectivity index (χ1n) is 3.85. The molecular formula is C9H10Br2O2. The van der Waals surface area contributed by atoms with Gasteiger partial charge in [-0.2, -0.15) is 0 Å². The fourth-order valence-corrected chi connectivity index (χ4v) is 1.17. The molecular weight excluding hydrogens is 300 g/mol. The summed E-state index contributed by atoms with van der Waals surface area (Å²) < 4.78 is 6.41. The molecule has 1 aromatic rings. The Morgan fingerprint density at radius 3 is 2.46 bits per heavy atom. The summed E-state index contributed by atoms with van der Waals surface area (Å²) in [5.74, 6) is 0.807. The molecule has 0 radical (unpaired) electrons. The van der Waals surface area contributed by atoms with E-state index < -0.39 is 0 Å². The topological polar surface area (TPSA) is 29.5 Å². The smallest absolute Gasteiger partial charge is 0.119 e. The fourth-order valence-electron chi connectivity index (χ4n) is 0.770. The van der Waals surface area contributed by atoms with Gasteiger partial charge in [-0.05, 0) is 24.3 Å². The number of hydrogen-bond donors (Lipinski definition) is 1. The molecule has 4 heteroatoms. The Balaban J connectivity index is 2.41. The van der Waals surface area contributed by atoms with Crippen molar-refractivity contribution < 1.29 is 9.84 Å². The van der Waals surface area contributed by atoms with Crippen molar-refractivity contribution in [1.82, 2.24) is 0 Å². The average molecular weight is 310 g/mol. The molecule has 1 aromatic carbocycles. The predicted octanol–water partition coefficient (Wildman–Crippen LogP) is 2.58. The van der Waals surface area contributed by atoms with Gasteiger partial charge in [0.15, 0.2) is 0 Å². The van der Waals surface area contributed by atoms with Gasteiger partial charge in [0, 0.05) is 4.47 Å². The minimum Gasteiger partial charge on any atom is -0.492 e. The molecule has 0 aliphatic rings. The maximum Gasteiger partial charge on any atom is 0.119 e. The van der Waals surface area contributed by atoms with Crippen LogP contribution in [0.3, 0.4) is 0 Å². The van der Waals surface area contributed by atoms with Gasteiger partial charge in [-0.1, -0.05) is 31.9 Å². The maximum atomic E-state index is 8.72. The van der Waals surface area contributed by atoms with Crippen LogP contribution in [-0.2, 0) is 0 Å². The van der Waals surface area contributed by atoms with Gasteiger partial charge in [-0.15, -0.1) is 0 Å². The van der Waals surface area contributed by atoms with Gasteiger partial charge < -0.3 is 9.84 Å². The quantitative estimate of drug-likeness (QED) is 0.866. The lowest BCUT2D eigenvalue weighted by Gasteiger charge is -2.08. The Morgan fingerprint density at radius 2 is 1.92 bits per heavy atom. The second-order valence-corrected chi connectivity index (χ2v) is 4.76. The lowest BCUT2D eigenvalue weighted by Crippen LogP contribution is -2.14. The Hall–Kier alpha value is -0.0600. The first kappa shape index (κ1) is 11.0. The molecule has 0 aromatic heterocycles. The van der Waals surface area contributed by atoms with Crippen LogP contribution in [0.4, 0.5) is 0 Å². The van der Waals surface area contributed by atoms with Gasteiger partial charge >= 0.3 is 0 Å². The second-order valence-electron chi connectivity index (χ2n) is 2.54. The van der Waals surface area contributed by atoms with Crippen molar-refractivity contribution >= 4 is 31.9 Å². The maximum absolute atomic E-state index is 8.72. The summed E-state index contributed by atoms with van der Waals surface area (Å²) in [7, 11) is 0. The van der Waals surface area contributed by atoms with E-state index in [9.17, 15) is 0 Å². The predicted molar refractivity (Wildman–Crippen MR) is 59.4 cm³/mol. The molecule has 0 aliphatic carbocycles. The summed E-state index contributed by atoms with van der Waals surface area (Å²) >= 11 is 6.60. The number of aliphatic hydroxyl groups is 1. The first-order chi connectivity index (χ1) is 6.22. The van der Waals surface area contributed by atoms with Crippen LogP contribution in [0, 0.1) is 0 Å². The van der Waals surface area contributed by atoms with Gasteiger partial charge in [0.05, 0.1) is 11.4 Å². The Kier molecular flexibility index (Phi) is 4.77.